The molecule has 1 rings (SSSR count). The van der Waals surface area contributed by atoms with Gasteiger partial charge in [-0.1, -0.05) is 19.1 Å². The van der Waals surface area contributed by atoms with Gasteiger partial charge in [0.2, 0.25) is 0 Å². The van der Waals surface area contributed by atoms with Gasteiger partial charge in [0.15, 0.2) is 0 Å². The quantitative estimate of drug-likeness (QED) is 0.886. The summed E-state index contributed by atoms with van der Waals surface area (Å²) >= 11 is 3.21. The van der Waals surface area contributed by atoms with Crippen LogP contribution in [0.3, 0.4) is 0 Å². The van der Waals surface area contributed by atoms with Crippen LogP contribution in [0.1, 0.15) is 31.2 Å². The average Bonchev–Trinajstić information content (AvgIpc) is 2.19. The molecule has 1 aromatic carbocycles. The largest absolute Gasteiger partial charge is 0.506 e. The van der Waals surface area contributed by atoms with E-state index >= 15 is 0 Å². The topological polar surface area (TPSA) is 57.5 Å². The van der Waals surface area contributed by atoms with Crippen LogP contribution < -0.4 is 0 Å². The SMILES string of the molecule is CCC(CC(=O)O)c1cccc(Br)c1O. The molecule has 0 saturated heterocycles. The number of hydrogen-bond acceptors (Lipinski definition) is 2. The first kappa shape index (κ1) is 12.0. The van der Waals surface area contributed by atoms with E-state index in [-0.39, 0.29) is 18.1 Å². The molecule has 2 N–H and O–H groups in total. The lowest BCUT2D eigenvalue weighted by Crippen LogP contribution is -2.05. The molecule has 1 unspecified atom stereocenters. The van der Waals surface area contributed by atoms with E-state index in [1.54, 1.807) is 18.2 Å². The molecule has 15 heavy (non-hydrogen) atoms. The zero-order chi connectivity index (χ0) is 11.4. The molecule has 3 nitrogen and oxygen atoms in total. The van der Waals surface area contributed by atoms with Crippen molar-refractivity contribution < 1.29 is 15.0 Å². The molecule has 0 spiro atoms. The zero-order valence-electron chi connectivity index (χ0n) is 8.40. The molecule has 0 saturated carbocycles. The molecule has 0 bridgehead atoms. The van der Waals surface area contributed by atoms with Crippen molar-refractivity contribution in [1.82, 2.24) is 0 Å². The Balaban J connectivity index is 3.01. The number of benzene rings is 1. The van der Waals surface area contributed by atoms with E-state index in [1.807, 2.05) is 6.92 Å². The van der Waals surface area contributed by atoms with Crippen molar-refractivity contribution >= 4 is 21.9 Å². The second-order valence-electron chi connectivity index (χ2n) is 3.38. The van der Waals surface area contributed by atoms with Gasteiger partial charge in [-0.2, -0.15) is 0 Å². The Hall–Kier alpha value is -1.03. The van der Waals surface area contributed by atoms with Crippen molar-refractivity contribution in [2.45, 2.75) is 25.7 Å². The minimum atomic E-state index is -0.846. The third-order valence-electron chi connectivity index (χ3n) is 2.37. The fraction of sp³-hybridized carbons (Fsp3) is 0.364. The zero-order valence-corrected chi connectivity index (χ0v) is 9.99. The Bertz CT molecular complexity index is 363. The van der Waals surface area contributed by atoms with Crippen molar-refractivity contribution in [2.75, 3.05) is 0 Å². The first-order valence-corrected chi connectivity index (χ1v) is 5.54. The highest BCUT2D eigenvalue weighted by molar-refractivity contribution is 9.10. The number of phenolic OH excluding ortho intramolecular Hbond substituents is 1. The van der Waals surface area contributed by atoms with Gasteiger partial charge in [-0.15, -0.1) is 0 Å². The summed E-state index contributed by atoms with van der Waals surface area (Å²) in [5, 5.41) is 18.5. The van der Waals surface area contributed by atoms with Crippen molar-refractivity contribution in [2.24, 2.45) is 0 Å². The van der Waals surface area contributed by atoms with Gasteiger partial charge < -0.3 is 10.2 Å². The van der Waals surface area contributed by atoms with Gasteiger partial charge in [-0.05, 0) is 39.9 Å². The molecular weight excluding hydrogens is 260 g/mol. The van der Waals surface area contributed by atoms with Crippen LogP contribution in [-0.4, -0.2) is 16.2 Å². The molecular formula is C11H13BrO3. The number of rotatable bonds is 4. The number of para-hydroxylation sites is 1. The van der Waals surface area contributed by atoms with Gasteiger partial charge in [0.1, 0.15) is 5.75 Å². The summed E-state index contributed by atoms with van der Waals surface area (Å²) in [6.07, 6.45) is 0.733. The molecule has 0 aliphatic carbocycles. The summed E-state index contributed by atoms with van der Waals surface area (Å²) in [5.41, 5.74) is 0.689. The predicted molar refractivity (Wildman–Crippen MR) is 61.1 cm³/mol. The number of phenols is 1. The molecule has 82 valence electrons. The van der Waals surface area contributed by atoms with E-state index < -0.39 is 5.97 Å². The molecule has 0 radical (unpaired) electrons. The maximum atomic E-state index is 10.6. The highest BCUT2D eigenvalue weighted by atomic mass is 79.9. The van der Waals surface area contributed by atoms with E-state index in [0.717, 1.165) is 0 Å². The maximum absolute atomic E-state index is 10.6. The summed E-state index contributed by atoms with van der Waals surface area (Å²) < 4.78 is 0.601. The minimum Gasteiger partial charge on any atom is -0.506 e. The van der Waals surface area contributed by atoms with Crippen LogP contribution >= 0.6 is 15.9 Å². The smallest absolute Gasteiger partial charge is 0.303 e. The molecule has 0 heterocycles. The Morgan fingerprint density at radius 1 is 1.53 bits per heavy atom. The average molecular weight is 273 g/mol. The van der Waals surface area contributed by atoms with Gasteiger partial charge in [0, 0.05) is 0 Å². The highest BCUT2D eigenvalue weighted by Gasteiger charge is 2.17. The van der Waals surface area contributed by atoms with E-state index in [1.165, 1.54) is 0 Å². The number of halogens is 1. The number of aromatic hydroxyl groups is 1. The number of aliphatic carboxylic acids is 1. The van der Waals surface area contributed by atoms with Crippen molar-refractivity contribution in [1.29, 1.82) is 0 Å². The maximum Gasteiger partial charge on any atom is 0.303 e. The van der Waals surface area contributed by atoms with Crippen molar-refractivity contribution in [3.8, 4) is 5.75 Å². The summed E-state index contributed by atoms with van der Waals surface area (Å²) in [6, 6.07) is 5.28. The van der Waals surface area contributed by atoms with E-state index in [9.17, 15) is 9.90 Å². The molecule has 0 amide bonds. The lowest BCUT2D eigenvalue weighted by Gasteiger charge is -2.15. The molecule has 0 aromatic heterocycles. The second-order valence-corrected chi connectivity index (χ2v) is 4.24. The second kappa shape index (κ2) is 5.16. The van der Waals surface area contributed by atoms with Crippen molar-refractivity contribution in [3.05, 3.63) is 28.2 Å². The van der Waals surface area contributed by atoms with Crippen LogP contribution in [0.4, 0.5) is 0 Å². The lowest BCUT2D eigenvalue weighted by atomic mass is 9.92. The van der Waals surface area contributed by atoms with Crippen LogP contribution in [0.25, 0.3) is 0 Å². The number of carboxylic acid groups (broad SMARTS) is 1. The van der Waals surface area contributed by atoms with Gasteiger partial charge in [0.25, 0.3) is 0 Å². The monoisotopic (exact) mass is 272 g/mol. The third-order valence-corrected chi connectivity index (χ3v) is 3.01. The molecule has 0 fully saturated rings. The Kier molecular flexibility index (Phi) is 4.15. The summed E-state index contributed by atoms with van der Waals surface area (Å²) in [4.78, 5) is 10.6. The fourth-order valence-corrected chi connectivity index (χ4v) is 1.93. The van der Waals surface area contributed by atoms with Gasteiger partial charge in [-0.25, -0.2) is 0 Å². The normalized spacial score (nSPS) is 12.4. The van der Waals surface area contributed by atoms with E-state index in [0.29, 0.717) is 16.5 Å². The van der Waals surface area contributed by atoms with E-state index in [4.69, 9.17) is 5.11 Å². The number of hydrogen-bond donors (Lipinski definition) is 2. The summed E-state index contributed by atoms with van der Waals surface area (Å²) in [5.74, 6) is -0.841. The summed E-state index contributed by atoms with van der Waals surface area (Å²) in [6.45, 7) is 1.91. The van der Waals surface area contributed by atoms with Crippen LogP contribution in [0.15, 0.2) is 22.7 Å². The van der Waals surface area contributed by atoms with Gasteiger partial charge >= 0.3 is 5.97 Å². The highest BCUT2D eigenvalue weighted by Crippen LogP contribution is 2.35. The van der Waals surface area contributed by atoms with Crippen LogP contribution in [0.5, 0.6) is 5.75 Å². The fourth-order valence-electron chi connectivity index (χ4n) is 1.55. The number of carboxylic acids is 1. The van der Waals surface area contributed by atoms with Crippen LogP contribution in [0.2, 0.25) is 0 Å². The van der Waals surface area contributed by atoms with Gasteiger partial charge in [0.05, 0.1) is 10.9 Å². The first-order valence-electron chi connectivity index (χ1n) is 4.75. The summed E-state index contributed by atoms with van der Waals surface area (Å²) in [7, 11) is 0. The predicted octanol–water partition coefficient (Wildman–Crippen LogP) is 3.12. The Morgan fingerprint density at radius 2 is 2.20 bits per heavy atom. The van der Waals surface area contributed by atoms with Crippen LogP contribution in [0, 0.1) is 0 Å². The molecule has 0 aliphatic heterocycles. The molecule has 0 aliphatic rings. The molecule has 1 aromatic rings. The molecule has 4 heteroatoms. The minimum absolute atomic E-state index is 0.0422. The standard InChI is InChI=1S/C11H13BrO3/c1-2-7(6-10(13)14)8-4-3-5-9(12)11(8)15/h3-5,7,15H,2,6H2,1H3,(H,13,14). The van der Waals surface area contributed by atoms with Crippen LogP contribution in [-0.2, 0) is 4.79 Å². The Labute approximate surface area is 96.9 Å². The van der Waals surface area contributed by atoms with Crippen molar-refractivity contribution in [3.63, 3.8) is 0 Å². The number of carbonyl (C=O) groups is 1. The van der Waals surface area contributed by atoms with E-state index in [2.05, 4.69) is 15.9 Å². The molecule has 1 atom stereocenters. The Morgan fingerprint density at radius 3 is 2.73 bits per heavy atom. The first-order chi connectivity index (χ1) is 7.06. The van der Waals surface area contributed by atoms with Gasteiger partial charge in [-0.3, -0.25) is 4.79 Å². The lowest BCUT2D eigenvalue weighted by molar-refractivity contribution is -0.137. The third kappa shape index (κ3) is 2.96.